The molecule has 0 aliphatic carbocycles. The fourth-order valence-electron chi connectivity index (χ4n) is 1.51. The Labute approximate surface area is 94.4 Å². The summed E-state index contributed by atoms with van der Waals surface area (Å²) in [5.74, 6) is 0.151. The van der Waals surface area contributed by atoms with E-state index in [1.54, 1.807) is 6.20 Å². The van der Waals surface area contributed by atoms with E-state index in [-0.39, 0.29) is 24.8 Å². The molecule has 16 heavy (non-hydrogen) atoms. The summed E-state index contributed by atoms with van der Waals surface area (Å²) in [6, 6.07) is 0. The molecule has 6 nitrogen and oxygen atoms in total. The van der Waals surface area contributed by atoms with Crippen molar-refractivity contribution in [3.63, 3.8) is 0 Å². The first-order chi connectivity index (χ1) is 7.67. The highest BCUT2D eigenvalue weighted by Gasteiger charge is 2.26. The van der Waals surface area contributed by atoms with Crippen molar-refractivity contribution in [1.82, 2.24) is 4.90 Å². The molecule has 1 saturated heterocycles. The second-order valence-corrected chi connectivity index (χ2v) is 3.61. The summed E-state index contributed by atoms with van der Waals surface area (Å²) in [6.45, 7) is 0.0444. The van der Waals surface area contributed by atoms with Gasteiger partial charge in [-0.25, -0.2) is 0 Å². The molecule has 0 aromatic rings. The van der Waals surface area contributed by atoms with E-state index in [0.29, 0.717) is 6.41 Å². The molecule has 2 unspecified atom stereocenters. The van der Waals surface area contributed by atoms with Crippen LogP contribution in [-0.2, 0) is 9.53 Å². The van der Waals surface area contributed by atoms with Crippen molar-refractivity contribution in [3.05, 3.63) is 12.3 Å². The van der Waals surface area contributed by atoms with Crippen molar-refractivity contribution < 1.29 is 14.6 Å². The second kappa shape index (κ2) is 6.24. The Hall–Kier alpha value is -1.40. The molecule has 2 atom stereocenters. The SMILES string of the molecule is CN(/C=C\C(N)=N/C=O)C1CCC(CO)O1. The van der Waals surface area contributed by atoms with Crippen LogP contribution in [0.4, 0.5) is 0 Å². The number of ether oxygens (including phenoxy) is 1. The quantitative estimate of drug-likeness (QED) is 0.373. The average molecular weight is 227 g/mol. The molecule has 3 N–H and O–H groups in total. The van der Waals surface area contributed by atoms with Crippen LogP contribution in [-0.4, -0.2) is 48.2 Å². The third-order valence-corrected chi connectivity index (χ3v) is 2.43. The summed E-state index contributed by atoms with van der Waals surface area (Å²) in [5, 5.41) is 8.91. The fourth-order valence-corrected chi connectivity index (χ4v) is 1.51. The number of hydrogen-bond acceptors (Lipinski definition) is 4. The van der Waals surface area contributed by atoms with Crippen molar-refractivity contribution in [2.45, 2.75) is 25.2 Å². The minimum Gasteiger partial charge on any atom is -0.394 e. The van der Waals surface area contributed by atoms with Gasteiger partial charge in [0.1, 0.15) is 12.1 Å². The molecule has 6 heteroatoms. The molecule has 1 rings (SSSR count). The highest BCUT2D eigenvalue weighted by atomic mass is 16.5. The largest absolute Gasteiger partial charge is 0.394 e. The predicted molar refractivity (Wildman–Crippen MR) is 59.6 cm³/mol. The fraction of sp³-hybridized carbons (Fsp3) is 0.600. The van der Waals surface area contributed by atoms with Gasteiger partial charge in [-0.2, -0.15) is 4.99 Å². The van der Waals surface area contributed by atoms with Gasteiger partial charge in [0.15, 0.2) is 0 Å². The van der Waals surface area contributed by atoms with E-state index in [9.17, 15) is 4.79 Å². The lowest BCUT2D eigenvalue weighted by Crippen LogP contribution is -2.28. The van der Waals surface area contributed by atoms with E-state index in [2.05, 4.69) is 4.99 Å². The number of carbonyl (C=O) groups excluding carboxylic acids is 1. The maximum Gasteiger partial charge on any atom is 0.234 e. The molecule has 90 valence electrons. The van der Waals surface area contributed by atoms with Gasteiger partial charge in [-0.3, -0.25) is 4.79 Å². The molecular formula is C10H17N3O3. The maximum atomic E-state index is 10.0. The third-order valence-electron chi connectivity index (χ3n) is 2.43. The smallest absolute Gasteiger partial charge is 0.234 e. The Kier molecular flexibility index (Phi) is 4.94. The van der Waals surface area contributed by atoms with Crippen molar-refractivity contribution in [2.24, 2.45) is 10.7 Å². The van der Waals surface area contributed by atoms with Gasteiger partial charge >= 0.3 is 0 Å². The van der Waals surface area contributed by atoms with E-state index in [1.807, 2.05) is 11.9 Å². The molecule has 1 aliphatic rings. The molecule has 0 aromatic heterocycles. The predicted octanol–water partition coefficient (Wildman–Crippen LogP) is -0.557. The van der Waals surface area contributed by atoms with Crippen LogP contribution >= 0.6 is 0 Å². The van der Waals surface area contributed by atoms with Crippen molar-refractivity contribution >= 4 is 12.2 Å². The number of aliphatic imine (C=N–C) groups is 1. The van der Waals surface area contributed by atoms with Gasteiger partial charge in [-0.05, 0) is 18.9 Å². The van der Waals surface area contributed by atoms with Crippen LogP contribution in [0.3, 0.4) is 0 Å². The normalized spacial score (nSPS) is 26.2. The molecule has 1 heterocycles. The number of nitrogens with zero attached hydrogens (tertiary/aromatic N) is 2. The monoisotopic (exact) mass is 227 g/mol. The van der Waals surface area contributed by atoms with Crippen molar-refractivity contribution in [3.8, 4) is 0 Å². The lowest BCUT2D eigenvalue weighted by atomic mass is 10.2. The highest BCUT2D eigenvalue weighted by Crippen LogP contribution is 2.21. The molecule has 0 saturated carbocycles. The van der Waals surface area contributed by atoms with Gasteiger partial charge in [0, 0.05) is 13.2 Å². The first kappa shape index (κ1) is 12.7. The lowest BCUT2D eigenvalue weighted by molar-refractivity contribution is -0.106. The van der Waals surface area contributed by atoms with Crippen molar-refractivity contribution in [1.29, 1.82) is 0 Å². The molecule has 1 amide bonds. The summed E-state index contributed by atoms with van der Waals surface area (Å²) in [5.41, 5.74) is 5.41. The number of amides is 1. The molecule has 1 fully saturated rings. The summed E-state index contributed by atoms with van der Waals surface area (Å²) < 4.78 is 5.54. The van der Waals surface area contributed by atoms with Crippen LogP contribution in [0.1, 0.15) is 12.8 Å². The Balaban J connectivity index is 2.44. The van der Waals surface area contributed by atoms with Crippen molar-refractivity contribution in [2.75, 3.05) is 13.7 Å². The molecule has 0 spiro atoms. The van der Waals surface area contributed by atoms with E-state index in [4.69, 9.17) is 15.6 Å². The summed E-state index contributed by atoms with van der Waals surface area (Å²) in [6.07, 6.45) is 5.19. The summed E-state index contributed by atoms with van der Waals surface area (Å²) >= 11 is 0. The van der Waals surface area contributed by atoms with Gasteiger partial charge in [0.25, 0.3) is 0 Å². The van der Waals surface area contributed by atoms with E-state index < -0.39 is 0 Å². The van der Waals surface area contributed by atoms with Gasteiger partial charge in [0.05, 0.1) is 12.7 Å². The average Bonchev–Trinajstić information content (AvgIpc) is 2.75. The zero-order valence-electron chi connectivity index (χ0n) is 9.24. The van der Waals surface area contributed by atoms with Gasteiger partial charge in [0.2, 0.25) is 6.41 Å². The minimum absolute atomic E-state index is 0.0444. The van der Waals surface area contributed by atoms with Crippen LogP contribution in [0.5, 0.6) is 0 Å². The van der Waals surface area contributed by atoms with Gasteiger partial charge < -0.3 is 20.5 Å². The molecule has 1 aliphatic heterocycles. The minimum atomic E-state index is -0.0816. The first-order valence-electron chi connectivity index (χ1n) is 5.10. The van der Waals surface area contributed by atoms with E-state index in [1.165, 1.54) is 6.08 Å². The Bertz CT molecular complexity index is 291. The van der Waals surface area contributed by atoms with Crippen LogP contribution < -0.4 is 5.73 Å². The highest BCUT2D eigenvalue weighted by molar-refractivity contribution is 5.95. The van der Waals surface area contributed by atoms with E-state index in [0.717, 1.165) is 12.8 Å². The number of rotatable bonds is 5. The number of aliphatic hydroxyl groups excluding tert-OH is 1. The summed E-state index contributed by atoms with van der Waals surface area (Å²) in [4.78, 5) is 15.2. The number of aliphatic hydroxyl groups is 1. The Morgan fingerprint density at radius 1 is 1.69 bits per heavy atom. The molecule has 0 radical (unpaired) electrons. The van der Waals surface area contributed by atoms with Crippen LogP contribution in [0.2, 0.25) is 0 Å². The standard InChI is InChI=1S/C10H17N3O3/c1-13(5-4-9(11)12-7-15)10-3-2-8(6-14)16-10/h4-5,7-8,10,14H,2-3,6H2,1H3,(H2,11,12,15)/b5-4-. The molecule has 0 bridgehead atoms. The van der Waals surface area contributed by atoms with E-state index >= 15 is 0 Å². The van der Waals surface area contributed by atoms with Gasteiger partial charge in [-0.15, -0.1) is 0 Å². The van der Waals surface area contributed by atoms with Crippen LogP contribution in [0.25, 0.3) is 0 Å². The lowest BCUT2D eigenvalue weighted by Gasteiger charge is -2.22. The number of carbonyl (C=O) groups is 1. The number of hydrogen-bond donors (Lipinski definition) is 2. The van der Waals surface area contributed by atoms with Crippen LogP contribution in [0, 0.1) is 0 Å². The zero-order chi connectivity index (χ0) is 12.0. The zero-order valence-corrected chi connectivity index (χ0v) is 9.24. The number of amidine groups is 1. The molecule has 0 aromatic carbocycles. The summed E-state index contributed by atoms with van der Waals surface area (Å²) in [7, 11) is 1.84. The van der Waals surface area contributed by atoms with Gasteiger partial charge in [-0.1, -0.05) is 0 Å². The number of nitrogens with two attached hydrogens (primary N) is 1. The topological polar surface area (TPSA) is 88.2 Å². The second-order valence-electron chi connectivity index (χ2n) is 3.61. The molecular weight excluding hydrogens is 210 g/mol. The maximum absolute atomic E-state index is 10.0. The Morgan fingerprint density at radius 2 is 2.44 bits per heavy atom. The van der Waals surface area contributed by atoms with Crippen LogP contribution in [0.15, 0.2) is 17.3 Å². The third kappa shape index (κ3) is 3.63. The Morgan fingerprint density at radius 3 is 3.00 bits per heavy atom. The first-order valence-corrected chi connectivity index (χ1v) is 5.10.